The first-order valence-electron chi connectivity index (χ1n) is 6.30. The minimum Gasteiger partial charge on any atom is -0.388 e. The Hall–Kier alpha value is -1.42. The summed E-state index contributed by atoms with van der Waals surface area (Å²) in [5.74, 6) is 0. The lowest BCUT2D eigenvalue weighted by molar-refractivity contribution is -0.141. The molecule has 9 heteroatoms. The van der Waals surface area contributed by atoms with Crippen molar-refractivity contribution in [2.45, 2.75) is 30.5 Å². The van der Waals surface area contributed by atoms with Crippen molar-refractivity contribution in [1.29, 1.82) is 0 Å². The zero-order valence-corrected chi connectivity index (χ0v) is 10.9. The smallest absolute Gasteiger partial charge is 0.388 e. The van der Waals surface area contributed by atoms with Crippen molar-refractivity contribution in [3.8, 4) is 0 Å². The number of ether oxygens (including phenoxy) is 1. The fourth-order valence-electron chi connectivity index (χ4n) is 2.11. The molecular formula is C12H16F3N3O3. The number of anilines is 1. The molecule has 1 aromatic heterocycles. The van der Waals surface area contributed by atoms with Crippen LogP contribution in [0.3, 0.4) is 0 Å². The van der Waals surface area contributed by atoms with Gasteiger partial charge in [0, 0.05) is 18.4 Å². The molecule has 0 aromatic carbocycles. The molecule has 1 aliphatic heterocycles. The Morgan fingerprint density at radius 3 is 2.71 bits per heavy atom. The van der Waals surface area contributed by atoms with Crippen LogP contribution in [0, 0.1) is 0 Å². The van der Waals surface area contributed by atoms with E-state index in [0.717, 1.165) is 12.3 Å². The van der Waals surface area contributed by atoms with Gasteiger partial charge in [-0.2, -0.15) is 13.2 Å². The largest absolute Gasteiger partial charge is 0.433 e. The minimum atomic E-state index is -4.55. The molecule has 0 unspecified atom stereocenters. The summed E-state index contributed by atoms with van der Waals surface area (Å²) in [6.45, 7) is 0.0577. The summed E-state index contributed by atoms with van der Waals surface area (Å²) in [5, 5.41) is 22.4. The van der Waals surface area contributed by atoms with Crippen LogP contribution in [0.15, 0.2) is 18.3 Å². The maximum absolute atomic E-state index is 12.6. The standard InChI is InChI=1S/C12H16F3N3O3/c13-12(14,15)9-3-6(1-2-17-9)18-7-5-21-8(4-16)11(20)10(7)19/h1-3,7-8,10-11,19-20H,4-5,16H2,(H,17,18)/t7-,8+,10+,11-/m0/s1. The summed E-state index contributed by atoms with van der Waals surface area (Å²) in [6, 6.07) is 1.42. The first-order chi connectivity index (χ1) is 9.82. The van der Waals surface area contributed by atoms with Gasteiger partial charge >= 0.3 is 6.18 Å². The van der Waals surface area contributed by atoms with E-state index in [-0.39, 0.29) is 18.8 Å². The topological polar surface area (TPSA) is 101 Å². The van der Waals surface area contributed by atoms with Gasteiger partial charge in [0.1, 0.15) is 17.9 Å². The molecule has 0 amide bonds. The number of rotatable bonds is 3. The third kappa shape index (κ3) is 3.62. The molecule has 5 N–H and O–H groups in total. The van der Waals surface area contributed by atoms with Crippen LogP contribution in [0.2, 0.25) is 0 Å². The molecule has 1 saturated heterocycles. The van der Waals surface area contributed by atoms with Gasteiger partial charge in [-0.05, 0) is 12.1 Å². The second-order valence-electron chi connectivity index (χ2n) is 4.77. The van der Waals surface area contributed by atoms with E-state index < -0.39 is 36.2 Å². The number of aliphatic hydroxyl groups is 2. The highest BCUT2D eigenvalue weighted by Gasteiger charge is 2.38. The number of hydrogen-bond donors (Lipinski definition) is 4. The number of alkyl halides is 3. The lowest BCUT2D eigenvalue weighted by Gasteiger charge is -2.37. The number of hydrogen-bond acceptors (Lipinski definition) is 6. The zero-order chi connectivity index (χ0) is 15.6. The number of nitrogens with one attached hydrogen (secondary N) is 1. The van der Waals surface area contributed by atoms with Gasteiger partial charge in [-0.3, -0.25) is 4.98 Å². The maximum atomic E-state index is 12.6. The lowest BCUT2D eigenvalue weighted by atomic mass is 9.98. The average molecular weight is 307 g/mol. The van der Waals surface area contributed by atoms with Crippen LogP contribution in [0.25, 0.3) is 0 Å². The van der Waals surface area contributed by atoms with Crippen molar-refractivity contribution in [2.24, 2.45) is 5.73 Å². The van der Waals surface area contributed by atoms with Crippen LogP contribution in [0.4, 0.5) is 18.9 Å². The molecule has 0 aliphatic carbocycles. The number of nitrogens with zero attached hydrogens (tertiary/aromatic N) is 1. The first-order valence-corrected chi connectivity index (χ1v) is 6.30. The van der Waals surface area contributed by atoms with E-state index in [1.165, 1.54) is 6.07 Å². The van der Waals surface area contributed by atoms with Gasteiger partial charge in [0.25, 0.3) is 0 Å². The van der Waals surface area contributed by atoms with E-state index in [2.05, 4.69) is 10.3 Å². The summed E-state index contributed by atoms with van der Waals surface area (Å²) < 4.78 is 42.9. The molecule has 6 nitrogen and oxygen atoms in total. The number of aliphatic hydroxyl groups excluding tert-OH is 2. The zero-order valence-electron chi connectivity index (χ0n) is 10.9. The Morgan fingerprint density at radius 2 is 2.10 bits per heavy atom. The summed E-state index contributed by atoms with van der Waals surface area (Å²) in [4.78, 5) is 3.24. The SMILES string of the molecule is NC[C@H]1OC[C@H](Nc2ccnc(C(F)(F)F)c2)[C@@H](O)[C@H]1O. The lowest BCUT2D eigenvalue weighted by Crippen LogP contribution is -2.57. The molecule has 4 atom stereocenters. The highest BCUT2D eigenvalue weighted by molar-refractivity contribution is 5.45. The van der Waals surface area contributed by atoms with Crippen molar-refractivity contribution in [2.75, 3.05) is 18.5 Å². The molecule has 1 aliphatic rings. The summed E-state index contributed by atoms with van der Waals surface area (Å²) in [5.41, 5.74) is 4.46. The second kappa shape index (κ2) is 6.14. The van der Waals surface area contributed by atoms with Crippen molar-refractivity contribution in [3.63, 3.8) is 0 Å². The summed E-state index contributed by atoms with van der Waals surface area (Å²) >= 11 is 0. The Balaban J connectivity index is 2.08. The number of nitrogens with two attached hydrogens (primary N) is 1. The predicted octanol–water partition coefficient (Wildman–Crippen LogP) is -0.0398. The highest BCUT2D eigenvalue weighted by Crippen LogP contribution is 2.29. The molecule has 1 fully saturated rings. The van der Waals surface area contributed by atoms with Gasteiger partial charge in [0.15, 0.2) is 0 Å². The molecule has 21 heavy (non-hydrogen) atoms. The van der Waals surface area contributed by atoms with E-state index >= 15 is 0 Å². The Kier molecular flexibility index (Phi) is 4.67. The van der Waals surface area contributed by atoms with E-state index in [1.54, 1.807) is 0 Å². The van der Waals surface area contributed by atoms with Crippen molar-refractivity contribution >= 4 is 5.69 Å². The molecule has 0 saturated carbocycles. The third-order valence-electron chi connectivity index (χ3n) is 3.27. The molecule has 2 rings (SSSR count). The van der Waals surface area contributed by atoms with Crippen molar-refractivity contribution < 1.29 is 28.1 Å². The molecule has 2 heterocycles. The van der Waals surface area contributed by atoms with E-state index in [1.807, 2.05) is 0 Å². The molecule has 0 radical (unpaired) electrons. The van der Waals surface area contributed by atoms with Gasteiger partial charge in [0.05, 0.1) is 18.8 Å². The minimum absolute atomic E-state index is 0.0176. The van der Waals surface area contributed by atoms with E-state index in [0.29, 0.717) is 0 Å². The molecule has 1 aromatic rings. The molecular weight excluding hydrogens is 291 g/mol. The Bertz CT molecular complexity index is 486. The van der Waals surface area contributed by atoms with Crippen molar-refractivity contribution in [3.05, 3.63) is 24.0 Å². The molecule has 0 spiro atoms. The van der Waals surface area contributed by atoms with Crippen LogP contribution in [-0.4, -0.2) is 52.7 Å². The van der Waals surface area contributed by atoms with Crippen LogP contribution in [0.1, 0.15) is 5.69 Å². The fraction of sp³-hybridized carbons (Fsp3) is 0.583. The second-order valence-corrected chi connectivity index (χ2v) is 4.77. The molecule has 0 bridgehead atoms. The van der Waals surface area contributed by atoms with Crippen LogP contribution >= 0.6 is 0 Å². The Labute approximate surface area is 118 Å². The van der Waals surface area contributed by atoms with Gasteiger partial charge in [-0.1, -0.05) is 0 Å². The van der Waals surface area contributed by atoms with Crippen LogP contribution in [0.5, 0.6) is 0 Å². The summed E-state index contributed by atoms with van der Waals surface area (Å²) in [7, 11) is 0. The fourth-order valence-corrected chi connectivity index (χ4v) is 2.11. The maximum Gasteiger partial charge on any atom is 0.433 e. The molecule has 118 valence electrons. The number of halogens is 3. The number of aromatic nitrogens is 1. The summed E-state index contributed by atoms with van der Waals surface area (Å²) in [6.07, 6.45) is -6.63. The number of pyridine rings is 1. The van der Waals surface area contributed by atoms with Crippen LogP contribution in [-0.2, 0) is 10.9 Å². The van der Waals surface area contributed by atoms with Gasteiger partial charge in [-0.25, -0.2) is 0 Å². The first kappa shape index (κ1) is 16.0. The van der Waals surface area contributed by atoms with Gasteiger partial charge < -0.3 is 26.0 Å². The highest BCUT2D eigenvalue weighted by atomic mass is 19.4. The Morgan fingerprint density at radius 1 is 1.38 bits per heavy atom. The van der Waals surface area contributed by atoms with E-state index in [9.17, 15) is 23.4 Å². The average Bonchev–Trinajstić information content (AvgIpc) is 2.44. The predicted molar refractivity (Wildman–Crippen MR) is 67.5 cm³/mol. The van der Waals surface area contributed by atoms with Gasteiger partial charge in [-0.15, -0.1) is 0 Å². The quantitative estimate of drug-likeness (QED) is 0.625. The normalized spacial score (nSPS) is 30.2. The van der Waals surface area contributed by atoms with Gasteiger partial charge in [0.2, 0.25) is 0 Å². The van der Waals surface area contributed by atoms with E-state index in [4.69, 9.17) is 10.5 Å². The third-order valence-corrected chi connectivity index (χ3v) is 3.27. The van der Waals surface area contributed by atoms with Crippen LogP contribution < -0.4 is 11.1 Å². The monoisotopic (exact) mass is 307 g/mol. The van der Waals surface area contributed by atoms with Crippen molar-refractivity contribution in [1.82, 2.24) is 4.98 Å².